The van der Waals surface area contributed by atoms with Crippen LogP contribution in [0.5, 0.6) is 0 Å². The maximum atomic E-state index is 5.49. The van der Waals surface area contributed by atoms with E-state index >= 15 is 0 Å². The quantitative estimate of drug-likeness (QED) is 0.752. The van der Waals surface area contributed by atoms with Crippen molar-refractivity contribution in [3.05, 3.63) is 45.2 Å². The Morgan fingerprint density at radius 2 is 2.29 bits per heavy atom. The zero-order chi connectivity index (χ0) is 14.2. The summed E-state index contributed by atoms with van der Waals surface area (Å²) >= 11 is 5.05. The summed E-state index contributed by atoms with van der Waals surface area (Å²) in [5.41, 5.74) is 3.69. The van der Waals surface area contributed by atoms with E-state index in [1.165, 1.54) is 11.1 Å². The molecule has 1 aromatic carbocycles. The summed E-state index contributed by atoms with van der Waals surface area (Å²) in [5.74, 6) is 1.25. The molecule has 21 heavy (non-hydrogen) atoms. The number of aromatic nitrogens is 2. The van der Waals surface area contributed by atoms with E-state index in [0.29, 0.717) is 11.7 Å². The van der Waals surface area contributed by atoms with Crippen molar-refractivity contribution in [2.24, 2.45) is 0 Å². The Labute approximate surface area is 134 Å². The van der Waals surface area contributed by atoms with E-state index in [9.17, 15) is 0 Å². The predicted octanol–water partition coefficient (Wildman–Crippen LogP) is 3.87. The van der Waals surface area contributed by atoms with Crippen molar-refractivity contribution in [3.63, 3.8) is 0 Å². The van der Waals surface area contributed by atoms with Crippen LogP contribution in [0, 0.1) is 0 Å². The molecule has 0 saturated carbocycles. The van der Waals surface area contributed by atoms with Crippen LogP contribution >= 0.6 is 27.3 Å². The molecule has 0 aliphatic carbocycles. The summed E-state index contributed by atoms with van der Waals surface area (Å²) in [6, 6.07) is 8.26. The lowest BCUT2D eigenvalue weighted by atomic mass is 9.95. The molecule has 2 aromatic heterocycles. The molecule has 4 nitrogen and oxygen atoms in total. The van der Waals surface area contributed by atoms with Gasteiger partial charge in [0.15, 0.2) is 0 Å². The summed E-state index contributed by atoms with van der Waals surface area (Å²) < 4.78 is 6.53. The number of hydrogen-bond acceptors (Lipinski definition) is 5. The molecule has 1 N–H and O–H groups in total. The van der Waals surface area contributed by atoms with Gasteiger partial charge >= 0.3 is 0 Å². The van der Waals surface area contributed by atoms with Gasteiger partial charge in [-0.3, -0.25) is 0 Å². The largest absolute Gasteiger partial charge is 0.334 e. The predicted molar refractivity (Wildman–Crippen MR) is 86.2 cm³/mol. The van der Waals surface area contributed by atoms with E-state index in [2.05, 4.69) is 43.5 Å². The molecule has 0 spiro atoms. The number of benzene rings is 1. The third kappa shape index (κ3) is 2.43. The van der Waals surface area contributed by atoms with Gasteiger partial charge in [-0.25, -0.2) is 0 Å². The Morgan fingerprint density at radius 1 is 1.33 bits per heavy atom. The van der Waals surface area contributed by atoms with Gasteiger partial charge in [0, 0.05) is 22.0 Å². The van der Waals surface area contributed by atoms with E-state index in [1.54, 1.807) is 11.3 Å². The van der Waals surface area contributed by atoms with Crippen LogP contribution in [0.15, 0.2) is 38.6 Å². The van der Waals surface area contributed by atoms with Gasteiger partial charge in [0.1, 0.15) is 0 Å². The number of halogens is 1. The normalized spacial score (nSPS) is 14.1. The topological polar surface area (TPSA) is 51.0 Å². The van der Waals surface area contributed by atoms with Gasteiger partial charge in [-0.1, -0.05) is 17.3 Å². The number of rotatable bonds is 2. The second kappa shape index (κ2) is 5.36. The molecule has 0 amide bonds. The van der Waals surface area contributed by atoms with Crippen LogP contribution in [0.1, 0.15) is 11.1 Å². The molecule has 0 bridgehead atoms. The highest BCUT2D eigenvalue weighted by Crippen LogP contribution is 2.31. The fraction of sp³-hybridized carbons (Fsp3) is 0.200. The van der Waals surface area contributed by atoms with Gasteiger partial charge in [0.2, 0.25) is 5.82 Å². The van der Waals surface area contributed by atoms with Crippen LogP contribution in [-0.2, 0) is 13.0 Å². The van der Waals surface area contributed by atoms with E-state index in [-0.39, 0.29) is 0 Å². The summed E-state index contributed by atoms with van der Waals surface area (Å²) in [4.78, 5) is 5.57. The van der Waals surface area contributed by atoms with Gasteiger partial charge < -0.3 is 9.84 Å². The molecule has 0 atom stereocenters. The molecule has 1 aliphatic heterocycles. The highest BCUT2D eigenvalue weighted by molar-refractivity contribution is 9.10. The molecule has 0 unspecified atom stereocenters. The molecule has 0 radical (unpaired) electrons. The molecular weight excluding hydrogens is 350 g/mol. The smallest absolute Gasteiger partial charge is 0.258 e. The van der Waals surface area contributed by atoms with Crippen molar-refractivity contribution in [2.75, 3.05) is 6.54 Å². The first-order chi connectivity index (χ1) is 10.3. The van der Waals surface area contributed by atoms with Crippen LogP contribution in [0.4, 0.5) is 0 Å². The minimum absolute atomic E-state index is 0.605. The van der Waals surface area contributed by atoms with Gasteiger partial charge in [0.25, 0.3) is 5.89 Å². The molecule has 0 fully saturated rings. The first-order valence-corrected chi connectivity index (χ1v) is 8.38. The number of nitrogens with one attached hydrogen (secondary N) is 1. The zero-order valence-corrected chi connectivity index (χ0v) is 13.5. The first-order valence-electron chi connectivity index (χ1n) is 6.71. The van der Waals surface area contributed by atoms with Crippen molar-refractivity contribution in [3.8, 4) is 22.2 Å². The zero-order valence-electron chi connectivity index (χ0n) is 11.1. The van der Waals surface area contributed by atoms with Crippen molar-refractivity contribution in [1.29, 1.82) is 0 Å². The Bertz CT molecular complexity index is 796. The maximum absolute atomic E-state index is 5.49. The number of hydrogen-bond donors (Lipinski definition) is 1. The van der Waals surface area contributed by atoms with E-state index in [1.807, 2.05) is 17.5 Å². The lowest BCUT2D eigenvalue weighted by Crippen LogP contribution is -2.24. The molecule has 106 valence electrons. The average molecular weight is 362 g/mol. The first kappa shape index (κ1) is 13.2. The third-order valence-corrected chi connectivity index (χ3v) is 5.27. The third-order valence-electron chi connectivity index (χ3n) is 3.58. The van der Waals surface area contributed by atoms with Crippen molar-refractivity contribution in [2.45, 2.75) is 13.0 Å². The maximum Gasteiger partial charge on any atom is 0.258 e. The number of thiophene rings is 1. The molecule has 0 saturated heterocycles. The van der Waals surface area contributed by atoms with Crippen LogP contribution in [-0.4, -0.2) is 16.7 Å². The molecule has 1 aliphatic rings. The minimum Gasteiger partial charge on any atom is -0.334 e. The Morgan fingerprint density at radius 3 is 3.14 bits per heavy atom. The molecule has 3 heterocycles. The number of nitrogens with zero attached hydrogens (tertiary/aromatic N) is 2. The Kier molecular flexibility index (Phi) is 3.37. The molecule has 6 heteroatoms. The van der Waals surface area contributed by atoms with Gasteiger partial charge in [-0.05, 0) is 52.2 Å². The fourth-order valence-electron chi connectivity index (χ4n) is 2.60. The average Bonchev–Trinajstić information content (AvgIpc) is 3.15. The summed E-state index contributed by atoms with van der Waals surface area (Å²) in [6.07, 6.45) is 0.994. The van der Waals surface area contributed by atoms with Crippen LogP contribution in [0.3, 0.4) is 0 Å². The fourth-order valence-corrected chi connectivity index (χ4v) is 3.95. The Balaban J connectivity index is 1.76. The van der Waals surface area contributed by atoms with Crippen molar-refractivity contribution >= 4 is 27.3 Å². The SMILES string of the molecule is Brc1csc(-c2noc(-c3cccc4c3CCNC4)n2)c1. The van der Waals surface area contributed by atoms with Crippen LogP contribution < -0.4 is 5.32 Å². The summed E-state index contributed by atoms with van der Waals surface area (Å²) in [6.45, 7) is 1.89. The minimum atomic E-state index is 0.605. The highest BCUT2D eigenvalue weighted by atomic mass is 79.9. The highest BCUT2D eigenvalue weighted by Gasteiger charge is 2.18. The van der Waals surface area contributed by atoms with Crippen LogP contribution in [0.25, 0.3) is 22.2 Å². The summed E-state index contributed by atoms with van der Waals surface area (Å²) in [5, 5.41) is 9.51. The van der Waals surface area contributed by atoms with E-state index < -0.39 is 0 Å². The molecule has 4 rings (SSSR count). The van der Waals surface area contributed by atoms with Crippen molar-refractivity contribution in [1.82, 2.24) is 15.5 Å². The van der Waals surface area contributed by atoms with E-state index in [0.717, 1.165) is 34.4 Å². The van der Waals surface area contributed by atoms with E-state index in [4.69, 9.17) is 4.52 Å². The number of fused-ring (bicyclic) bond motifs is 1. The van der Waals surface area contributed by atoms with Gasteiger partial charge in [-0.15, -0.1) is 11.3 Å². The van der Waals surface area contributed by atoms with Crippen molar-refractivity contribution < 1.29 is 4.52 Å². The second-order valence-electron chi connectivity index (χ2n) is 4.92. The molecule has 3 aromatic rings. The standard InChI is InChI=1S/C15H12BrN3OS/c16-10-6-13(21-8-10)14-18-15(20-19-14)12-3-1-2-9-7-17-5-4-11(9)12/h1-3,6,8,17H,4-5,7H2. The Hall–Kier alpha value is -1.50. The lowest BCUT2D eigenvalue weighted by Gasteiger charge is -2.18. The second-order valence-corrected chi connectivity index (χ2v) is 6.75. The van der Waals surface area contributed by atoms with Gasteiger partial charge in [-0.2, -0.15) is 4.98 Å². The molecular formula is C15H12BrN3OS. The van der Waals surface area contributed by atoms with Crippen LogP contribution in [0.2, 0.25) is 0 Å². The van der Waals surface area contributed by atoms with Gasteiger partial charge in [0.05, 0.1) is 4.88 Å². The monoisotopic (exact) mass is 361 g/mol. The summed E-state index contributed by atoms with van der Waals surface area (Å²) in [7, 11) is 0. The lowest BCUT2D eigenvalue weighted by molar-refractivity contribution is 0.431.